The number of rotatable bonds is 7. The lowest BCUT2D eigenvalue weighted by atomic mass is 10.0. The van der Waals surface area contributed by atoms with Gasteiger partial charge < -0.3 is 10.4 Å². The number of aromatic nitrogens is 1. The molecule has 0 bridgehead atoms. The van der Waals surface area contributed by atoms with Crippen molar-refractivity contribution in [3.8, 4) is 0 Å². The van der Waals surface area contributed by atoms with Crippen LogP contribution in [0.3, 0.4) is 0 Å². The number of non-ortho nitro benzene ring substituents is 1. The van der Waals surface area contributed by atoms with Gasteiger partial charge in [0.15, 0.2) is 0 Å². The molecule has 0 spiro atoms. The van der Waals surface area contributed by atoms with Gasteiger partial charge in [-0.3, -0.25) is 14.9 Å². The van der Waals surface area contributed by atoms with E-state index < -0.39 is 22.5 Å². The fourth-order valence-corrected chi connectivity index (χ4v) is 4.23. The third kappa shape index (κ3) is 4.68. The smallest absolute Gasteiger partial charge is 0.335 e. The normalized spacial score (nSPS) is 13.0. The average molecular weight is 389 g/mol. The zero-order valence-corrected chi connectivity index (χ0v) is 15.4. The van der Waals surface area contributed by atoms with Gasteiger partial charge in [0.1, 0.15) is 0 Å². The van der Waals surface area contributed by atoms with Gasteiger partial charge in [0.25, 0.3) is 11.6 Å². The summed E-state index contributed by atoms with van der Waals surface area (Å²) in [7, 11) is 0. The molecule has 2 aromatic rings. The SMILES string of the molecule is O=C(O)c1cc(C(=O)NCCCc2nc3c(s2)CCCC3)cc([N+](=O)[O-])c1. The number of thiazole rings is 1. The van der Waals surface area contributed by atoms with Crippen LogP contribution in [0.1, 0.15) is 55.6 Å². The highest BCUT2D eigenvalue weighted by molar-refractivity contribution is 7.11. The van der Waals surface area contributed by atoms with Gasteiger partial charge >= 0.3 is 5.97 Å². The third-order valence-corrected chi connectivity index (χ3v) is 5.60. The number of nitro benzene ring substituents is 1. The Morgan fingerprint density at radius 3 is 2.67 bits per heavy atom. The highest BCUT2D eigenvalue weighted by atomic mass is 32.1. The summed E-state index contributed by atoms with van der Waals surface area (Å²) in [5.41, 5.74) is 0.463. The van der Waals surface area contributed by atoms with Gasteiger partial charge in [0, 0.05) is 35.5 Å². The third-order valence-electron chi connectivity index (χ3n) is 4.38. The lowest BCUT2D eigenvalue weighted by Crippen LogP contribution is -2.25. The maximum atomic E-state index is 12.2. The quantitative estimate of drug-likeness (QED) is 0.426. The first-order valence-corrected chi connectivity index (χ1v) is 9.54. The number of amides is 1. The molecule has 142 valence electrons. The second-order valence-corrected chi connectivity index (χ2v) is 7.54. The molecule has 9 heteroatoms. The molecule has 27 heavy (non-hydrogen) atoms. The predicted molar refractivity (Wildman–Crippen MR) is 99.5 cm³/mol. The van der Waals surface area contributed by atoms with Crippen molar-refractivity contribution in [2.75, 3.05) is 6.54 Å². The summed E-state index contributed by atoms with van der Waals surface area (Å²) in [6.07, 6.45) is 6.00. The molecule has 8 nitrogen and oxygen atoms in total. The molecule has 0 unspecified atom stereocenters. The zero-order valence-electron chi connectivity index (χ0n) is 14.6. The van der Waals surface area contributed by atoms with Crippen molar-refractivity contribution in [2.45, 2.75) is 38.5 Å². The van der Waals surface area contributed by atoms with Crippen molar-refractivity contribution in [2.24, 2.45) is 0 Å². The molecular weight excluding hydrogens is 370 g/mol. The van der Waals surface area contributed by atoms with Crippen LogP contribution in [0, 0.1) is 10.1 Å². The number of aromatic carboxylic acids is 1. The monoisotopic (exact) mass is 389 g/mol. The van der Waals surface area contributed by atoms with Gasteiger partial charge in [-0.1, -0.05) is 0 Å². The molecule has 0 saturated carbocycles. The van der Waals surface area contributed by atoms with Crippen molar-refractivity contribution in [3.05, 3.63) is 55.0 Å². The number of carbonyl (C=O) groups is 2. The van der Waals surface area contributed by atoms with Gasteiger partial charge in [0.05, 0.1) is 21.2 Å². The molecule has 0 fully saturated rings. The molecule has 1 aromatic carbocycles. The van der Waals surface area contributed by atoms with Crippen LogP contribution in [0.4, 0.5) is 5.69 Å². The summed E-state index contributed by atoms with van der Waals surface area (Å²) in [5, 5.41) is 23.7. The first-order valence-electron chi connectivity index (χ1n) is 8.72. The van der Waals surface area contributed by atoms with E-state index in [-0.39, 0.29) is 11.1 Å². The standard InChI is InChI=1S/C18H19N3O5S/c22-17(11-8-12(18(23)24)10-13(9-11)21(25)26)19-7-3-6-16-20-14-4-1-2-5-15(14)27-16/h8-10H,1-7H2,(H,19,22)(H,23,24). The highest BCUT2D eigenvalue weighted by Crippen LogP contribution is 2.27. The fourth-order valence-electron chi connectivity index (χ4n) is 3.03. The van der Waals surface area contributed by atoms with Gasteiger partial charge in [0.2, 0.25) is 0 Å². The second-order valence-electron chi connectivity index (χ2n) is 6.37. The Balaban J connectivity index is 1.56. The Bertz CT molecular complexity index is 837. The zero-order chi connectivity index (χ0) is 19.4. The van der Waals surface area contributed by atoms with Crippen LogP contribution in [0.25, 0.3) is 0 Å². The summed E-state index contributed by atoms with van der Waals surface area (Å²) in [4.78, 5) is 39.6. The van der Waals surface area contributed by atoms with Crippen molar-refractivity contribution in [1.82, 2.24) is 10.3 Å². The molecule has 0 saturated heterocycles. The molecule has 1 aromatic heterocycles. The summed E-state index contributed by atoms with van der Waals surface area (Å²) < 4.78 is 0. The Labute approximate surface area is 159 Å². The topological polar surface area (TPSA) is 122 Å². The summed E-state index contributed by atoms with van der Waals surface area (Å²) in [5.74, 6) is -1.85. The number of nitrogens with one attached hydrogen (secondary N) is 1. The molecule has 0 aliphatic heterocycles. The summed E-state index contributed by atoms with van der Waals surface area (Å²) >= 11 is 1.74. The van der Waals surface area contributed by atoms with E-state index >= 15 is 0 Å². The van der Waals surface area contributed by atoms with E-state index in [0.29, 0.717) is 13.0 Å². The minimum absolute atomic E-state index is 0.0358. The van der Waals surface area contributed by atoms with E-state index in [2.05, 4.69) is 10.3 Å². The largest absolute Gasteiger partial charge is 0.478 e. The lowest BCUT2D eigenvalue weighted by Gasteiger charge is -2.06. The van der Waals surface area contributed by atoms with E-state index in [9.17, 15) is 19.7 Å². The van der Waals surface area contributed by atoms with E-state index in [1.807, 2.05) is 0 Å². The van der Waals surface area contributed by atoms with Crippen LogP contribution in [-0.4, -0.2) is 33.4 Å². The number of nitro groups is 1. The molecule has 1 aliphatic carbocycles. The van der Waals surface area contributed by atoms with Gasteiger partial charge in [-0.15, -0.1) is 11.3 Å². The van der Waals surface area contributed by atoms with Crippen LogP contribution >= 0.6 is 11.3 Å². The lowest BCUT2D eigenvalue weighted by molar-refractivity contribution is -0.384. The maximum absolute atomic E-state index is 12.2. The molecule has 2 N–H and O–H groups in total. The number of nitrogens with zero attached hydrogens (tertiary/aromatic N) is 2. The number of hydrogen-bond donors (Lipinski definition) is 2. The van der Waals surface area contributed by atoms with E-state index in [0.717, 1.165) is 42.5 Å². The summed E-state index contributed by atoms with van der Waals surface area (Å²) in [6.45, 7) is 0.383. The maximum Gasteiger partial charge on any atom is 0.335 e. The van der Waals surface area contributed by atoms with Crippen molar-refractivity contribution >= 4 is 28.9 Å². The van der Waals surface area contributed by atoms with Crippen molar-refractivity contribution in [1.29, 1.82) is 0 Å². The Morgan fingerprint density at radius 1 is 1.22 bits per heavy atom. The minimum atomic E-state index is -1.32. The van der Waals surface area contributed by atoms with Gasteiger partial charge in [-0.2, -0.15) is 0 Å². The molecule has 3 rings (SSSR count). The Kier molecular flexibility index (Phi) is 5.80. The number of carbonyl (C=O) groups excluding carboxylic acids is 1. The first-order chi connectivity index (χ1) is 12.9. The molecule has 0 radical (unpaired) electrons. The Morgan fingerprint density at radius 2 is 1.96 bits per heavy atom. The number of fused-ring (bicyclic) bond motifs is 1. The van der Waals surface area contributed by atoms with Crippen LogP contribution < -0.4 is 5.32 Å². The van der Waals surface area contributed by atoms with Crippen molar-refractivity contribution in [3.63, 3.8) is 0 Å². The molecule has 1 amide bonds. The first kappa shape index (κ1) is 19.0. The molecular formula is C18H19N3O5S. The van der Waals surface area contributed by atoms with E-state index in [4.69, 9.17) is 5.11 Å². The fraction of sp³-hybridized carbons (Fsp3) is 0.389. The Hall–Kier alpha value is -2.81. The molecule has 0 atom stereocenters. The molecule has 1 aliphatic rings. The number of benzene rings is 1. The molecule has 1 heterocycles. The van der Waals surface area contributed by atoms with Crippen LogP contribution in [-0.2, 0) is 19.3 Å². The predicted octanol–water partition coefficient (Wildman–Crippen LogP) is 2.99. The number of carboxylic acids is 1. The van der Waals surface area contributed by atoms with Gasteiger partial charge in [-0.25, -0.2) is 9.78 Å². The summed E-state index contributed by atoms with van der Waals surface area (Å²) in [6, 6.07) is 3.15. The van der Waals surface area contributed by atoms with Crippen molar-refractivity contribution < 1.29 is 19.6 Å². The number of hydrogen-bond acceptors (Lipinski definition) is 6. The van der Waals surface area contributed by atoms with Crippen LogP contribution in [0.5, 0.6) is 0 Å². The van der Waals surface area contributed by atoms with Crippen LogP contribution in [0.2, 0.25) is 0 Å². The number of carboxylic acid groups (broad SMARTS) is 1. The number of aryl methyl sites for hydroxylation is 3. The van der Waals surface area contributed by atoms with Gasteiger partial charge in [-0.05, 0) is 38.2 Å². The van der Waals surface area contributed by atoms with E-state index in [1.165, 1.54) is 23.4 Å². The van der Waals surface area contributed by atoms with E-state index in [1.54, 1.807) is 11.3 Å². The highest BCUT2D eigenvalue weighted by Gasteiger charge is 2.18. The average Bonchev–Trinajstić information content (AvgIpc) is 3.07. The minimum Gasteiger partial charge on any atom is -0.478 e. The van der Waals surface area contributed by atoms with Crippen LogP contribution in [0.15, 0.2) is 18.2 Å². The second kappa shape index (κ2) is 8.26.